The molecule has 0 saturated carbocycles. The molecule has 0 bridgehead atoms. The van der Waals surface area contributed by atoms with Crippen LogP contribution in [-0.2, 0) is 23.7 Å². The molecular formula is C43H48O24. The fourth-order valence-electron chi connectivity index (χ4n) is 7.43. The van der Waals surface area contributed by atoms with Crippen LogP contribution in [0.2, 0.25) is 0 Å². The first-order valence-electron chi connectivity index (χ1n) is 20.4. The molecule has 3 aromatic carbocycles. The smallest absolute Gasteiger partial charge is 0.331 e. The van der Waals surface area contributed by atoms with Gasteiger partial charge in [0.25, 0.3) is 0 Å². The summed E-state index contributed by atoms with van der Waals surface area (Å²) in [6, 6.07) is 11.3. The van der Waals surface area contributed by atoms with Gasteiger partial charge in [0.15, 0.2) is 23.4 Å². The van der Waals surface area contributed by atoms with E-state index in [-0.39, 0.29) is 28.6 Å². The van der Waals surface area contributed by atoms with Crippen molar-refractivity contribution >= 4 is 23.0 Å². The number of aliphatic hydroxyl groups is 11. The summed E-state index contributed by atoms with van der Waals surface area (Å²) >= 11 is 0. The number of carbonyl (C=O) groups is 1. The van der Waals surface area contributed by atoms with E-state index in [1.807, 2.05) is 0 Å². The summed E-state index contributed by atoms with van der Waals surface area (Å²) in [5.41, 5.74) is -1.13. The Morgan fingerprint density at radius 3 is 1.76 bits per heavy atom. The van der Waals surface area contributed by atoms with Gasteiger partial charge >= 0.3 is 5.97 Å². The molecule has 24 heteroatoms. The van der Waals surface area contributed by atoms with Gasteiger partial charge in [-0.15, -0.1) is 0 Å². The SMILES string of the molecule is COc1cc(/C=C/C(=O)O[C@H]2[C@H](Oc3cc(O)c4c(=O)c(O[C@@H]5O[C@H](CO)[C@@H](O)[C@@H](O)[C@H]5O)c(-c5ccc(O[C@@H]6O[C@H](CO)[C@@H](O)[C@H](O)[C@H]6O)cc5)oc4c3)O[C@@H](CO)[C@@H](O)[C@@H]2O)ccc1O. The van der Waals surface area contributed by atoms with Crippen LogP contribution in [0.15, 0.2) is 69.9 Å². The second-order valence-electron chi connectivity index (χ2n) is 15.6. The zero-order chi connectivity index (χ0) is 48.4. The van der Waals surface area contributed by atoms with Gasteiger partial charge in [0.1, 0.15) is 95.4 Å². The van der Waals surface area contributed by atoms with Gasteiger partial charge in [0.2, 0.25) is 30.0 Å². The minimum Gasteiger partial charge on any atom is -0.507 e. The number of aromatic hydroxyl groups is 2. The standard InChI is InChI=1S/C43H48O24/c1-59-22-10-16(2-8-20(22)47)3-9-27(49)66-40-35(56)31(52)26(15-46)65-43(40)61-19-11-21(48)28-23(12-19)62-38(39(32(28)53)67-42-37(58)34(55)30(51)25(14-45)64-42)17-4-6-18(7-5-17)60-41-36(57)33(54)29(50)24(13-44)63-41/h2-12,24-26,29-31,33-37,40-48,50-52,54-58H,13-15H2,1H3/b9-3+/t24-,25-,26+,29-,30-,31-,33+,34-,35+,36-,37-,40-,41-,42+,43-/m1/s1. The van der Waals surface area contributed by atoms with Gasteiger partial charge in [-0.25, -0.2) is 4.79 Å². The van der Waals surface area contributed by atoms with Crippen LogP contribution in [0.4, 0.5) is 0 Å². The lowest BCUT2D eigenvalue weighted by molar-refractivity contribution is -0.281. The van der Waals surface area contributed by atoms with Crippen LogP contribution >= 0.6 is 0 Å². The molecule has 1 aromatic heterocycles. The van der Waals surface area contributed by atoms with Gasteiger partial charge in [0, 0.05) is 23.8 Å². The Hall–Kier alpha value is -5.68. The number of benzene rings is 3. The largest absolute Gasteiger partial charge is 0.507 e. The maximum Gasteiger partial charge on any atom is 0.331 e. The number of methoxy groups -OCH3 is 1. The van der Waals surface area contributed by atoms with Crippen LogP contribution in [0.1, 0.15) is 5.56 Å². The normalized spacial score (nSPS) is 32.2. The van der Waals surface area contributed by atoms with Crippen molar-refractivity contribution in [3.63, 3.8) is 0 Å². The highest BCUT2D eigenvalue weighted by molar-refractivity contribution is 5.89. The number of esters is 1. The van der Waals surface area contributed by atoms with Crippen molar-refractivity contribution in [2.45, 2.75) is 92.1 Å². The molecule has 7 rings (SSSR count). The Labute approximate surface area is 377 Å². The summed E-state index contributed by atoms with van der Waals surface area (Å²) in [6.45, 7) is -2.42. The van der Waals surface area contributed by atoms with Gasteiger partial charge in [-0.05, 0) is 48.0 Å². The van der Waals surface area contributed by atoms with E-state index in [9.17, 15) is 76.0 Å². The number of aliphatic hydroxyl groups excluding tert-OH is 11. The van der Waals surface area contributed by atoms with E-state index in [1.54, 1.807) is 0 Å². The van der Waals surface area contributed by atoms with Crippen molar-refractivity contribution in [2.24, 2.45) is 0 Å². The number of phenolic OH excluding ortho intramolecular Hbond substituents is 2. The van der Waals surface area contributed by atoms with Crippen LogP contribution in [0, 0.1) is 0 Å². The van der Waals surface area contributed by atoms with Crippen LogP contribution < -0.4 is 24.4 Å². The molecule has 0 amide bonds. The summed E-state index contributed by atoms with van der Waals surface area (Å²) in [6.07, 6.45) is -23.8. The van der Waals surface area contributed by atoms with Crippen molar-refractivity contribution in [3.05, 3.63) is 76.5 Å². The Kier molecular flexibility index (Phi) is 15.2. The Morgan fingerprint density at radius 1 is 0.627 bits per heavy atom. The average molecular weight is 949 g/mol. The van der Waals surface area contributed by atoms with Gasteiger partial charge in [0.05, 0.1) is 26.9 Å². The summed E-state index contributed by atoms with van der Waals surface area (Å²) in [7, 11) is 1.32. The zero-order valence-electron chi connectivity index (χ0n) is 34.9. The molecule has 4 aromatic rings. The molecule has 15 atom stereocenters. The molecular weight excluding hydrogens is 900 g/mol. The van der Waals surface area contributed by atoms with Gasteiger partial charge in [-0.1, -0.05) is 6.07 Å². The fraction of sp³-hybridized carbons (Fsp3) is 0.442. The molecule has 3 fully saturated rings. The predicted octanol–water partition coefficient (Wildman–Crippen LogP) is -3.32. The minimum absolute atomic E-state index is 0.00912. The summed E-state index contributed by atoms with van der Waals surface area (Å²) in [4.78, 5) is 27.4. The number of hydrogen-bond donors (Lipinski definition) is 13. The van der Waals surface area contributed by atoms with Crippen LogP contribution in [0.3, 0.4) is 0 Å². The number of carbonyl (C=O) groups excluding carboxylic acids is 1. The molecule has 0 aliphatic carbocycles. The molecule has 0 unspecified atom stereocenters. The summed E-state index contributed by atoms with van der Waals surface area (Å²) in [5, 5.41) is 134. The Balaban J connectivity index is 1.23. The second-order valence-corrected chi connectivity index (χ2v) is 15.6. The molecule has 3 saturated heterocycles. The van der Waals surface area contributed by atoms with E-state index >= 15 is 0 Å². The lowest BCUT2D eigenvalue weighted by Crippen LogP contribution is -2.61. The third-order valence-electron chi connectivity index (χ3n) is 11.2. The average Bonchev–Trinajstić information content (AvgIpc) is 3.32. The summed E-state index contributed by atoms with van der Waals surface area (Å²) in [5.74, 6) is -3.52. The number of ether oxygens (including phenoxy) is 8. The highest BCUT2D eigenvalue weighted by atomic mass is 16.7. The Morgan fingerprint density at radius 2 is 1.18 bits per heavy atom. The Bertz CT molecular complexity index is 2440. The number of rotatable bonds is 14. The quantitative estimate of drug-likeness (QED) is 0.0434. The van der Waals surface area contributed by atoms with E-state index in [0.717, 1.165) is 18.2 Å². The van der Waals surface area contributed by atoms with E-state index in [4.69, 9.17) is 42.3 Å². The maximum atomic E-state index is 14.3. The third-order valence-corrected chi connectivity index (χ3v) is 11.2. The summed E-state index contributed by atoms with van der Waals surface area (Å²) < 4.78 is 50.5. The number of hydrogen-bond acceptors (Lipinski definition) is 24. The van der Waals surface area contributed by atoms with Crippen molar-refractivity contribution in [1.29, 1.82) is 0 Å². The molecule has 0 spiro atoms. The maximum absolute atomic E-state index is 14.3. The first kappa shape index (κ1) is 49.2. The highest BCUT2D eigenvalue weighted by Crippen LogP contribution is 2.39. The molecule has 3 aliphatic heterocycles. The van der Waals surface area contributed by atoms with Crippen molar-refractivity contribution in [1.82, 2.24) is 0 Å². The molecule has 3 aliphatic rings. The molecule has 67 heavy (non-hydrogen) atoms. The van der Waals surface area contributed by atoms with Crippen molar-refractivity contribution in [2.75, 3.05) is 26.9 Å². The van der Waals surface area contributed by atoms with Crippen LogP contribution in [0.5, 0.6) is 34.5 Å². The first-order valence-corrected chi connectivity index (χ1v) is 20.4. The van der Waals surface area contributed by atoms with Gasteiger partial charge in [-0.3, -0.25) is 4.79 Å². The lowest BCUT2D eigenvalue weighted by Gasteiger charge is -2.41. The zero-order valence-corrected chi connectivity index (χ0v) is 34.9. The van der Waals surface area contributed by atoms with Gasteiger partial charge < -0.3 is 109 Å². The second kappa shape index (κ2) is 20.7. The van der Waals surface area contributed by atoms with E-state index in [0.29, 0.717) is 5.56 Å². The first-order chi connectivity index (χ1) is 32.0. The van der Waals surface area contributed by atoms with E-state index < -0.39 is 152 Å². The molecule has 13 N–H and O–H groups in total. The molecule has 4 heterocycles. The molecule has 0 radical (unpaired) electrons. The van der Waals surface area contributed by atoms with E-state index in [1.165, 1.54) is 55.7 Å². The fourth-order valence-corrected chi connectivity index (χ4v) is 7.43. The van der Waals surface area contributed by atoms with Gasteiger partial charge in [-0.2, -0.15) is 0 Å². The number of fused-ring (bicyclic) bond motifs is 1. The lowest BCUT2D eigenvalue weighted by atomic mass is 9.99. The minimum atomic E-state index is -2.01. The predicted molar refractivity (Wildman–Crippen MR) is 220 cm³/mol. The monoisotopic (exact) mass is 948 g/mol. The van der Waals surface area contributed by atoms with Crippen LogP contribution in [-0.4, -0.2) is 191 Å². The van der Waals surface area contributed by atoms with E-state index in [2.05, 4.69) is 0 Å². The number of phenols is 2. The molecule has 364 valence electrons. The third kappa shape index (κ3) is 10.1. The highest BCUT2D eigenvalue weighted by Gasteiger charge is 2.49. The van der Waals surface area contributed by atoms with Crippen molar-refractivity contribution in [3.8, 4) is 45.8 Å². The molecule has 24 nitrogen and oxygen atoms in total. The van der Waals surface area contributed by atoms with Crippen molar-refractivity contribution < 1.29 is 113 Å². The topological polar surface area (TPSA) is 384 Å². The van der Waals surface area contributed by atoms with Crippen LogP contribution in [0.25, 0.3) is 28.4 Å².